The zero-order valence-corrected chi connectivity index (χ0v) is 12.0. The number of rotatable bonds is 7. The molecule has 0 bridgehead atoms. The quantitative estimate of drug-likeness (QED) is 0.814. The Morgan fingerprint density at radius 2 is 2.24 bits per heavy atom. The van der Waals surface area contributed by atoms with Crippen molar-refractivity contribution in [3.05, 3.63) is 28.2 Å². The van der Waals surface area contributed by atoms with Crippen LogP contribution in [0.5, 0.6) is 5.75 Å². The van der Waals surface area contributed by atoms with E-state index in [9.17, 15) is 0 Å². The molecule has 0 amide bonds. The summed E-state index contributed by atoms with van der Waals surface area (Å²) in [5, 5.41) is 12.4. The van der Waals surface area contributed by atoms with E-state index in [0.717, 1.165) is 23.3 Å². The third-order valence-electron chi connectivity index (χ3n) is 2.37. The SMILES string of the molecule is CCNCc1ccc(OCCC(C)O)c(Br)c1. The number of hydrogen-bond donors (Lipinski definition) is 2. The van der Waals surface area contributed by atoms with E-state index in [1.165, 1.54) is 5.56 Å². The van der Waals surface area contributed by atoms with E-state index in [2.05, 4.69) is 34.2 Å². The molecule has 0 radical (unpaired) electrons. The minimum atomic E-state index is -0.318. The highest BCUT2D eigenvalue weighted by atomic mass is 79.9. The van der Waals surface area contributed by atoms with Gasteiger partial charge in [-0.25, -0.2) is 0 Å². The van der Waals surface area contributed by atoms with Gasteiger partial charge in [0.1, 0.15) is 5.75 Å². The summed E-state index contributed by atoms with van der Waals surface area (Å²) in [5.41, 5.74) is 1.22. The Labute approximate surface area is 111 Å². The van der Waals surface area contributed by atoms with E-state index in [-0.39, 0.29) is 6.10 Å². The summed E-state index contributed by atoms with van der Waals surface area (Å²) in [6.07, 6.45) is 0.327. The fraction of sp³-hybridized carbons (Fsp3) is 0.538. The second kappa shape index (κ2) is 7.69. The summed E-state index contributed by atoms with van der Waals surface area (Å²) in [6, 6.07) is 6.06. The van der Waals surface area contributed by atoms with Crippen LogP contribution in [0.2, 0.25) is 0 Å². The maximum Gasteiger partial charge on any atom is 0.133 e. The fourth-order valence-corrected chi connectivity index (χ4v) is 1.92. The summed E-state index contributed by atoms with van der Waals surface area (Å²) in [6.45, 7) is 6.20. The van der Waals surface area contributed by atoms with Crippen molar-refractivity contribution in [1.82, 2.24) is 5.32 Å². The molecule has 0 heterocycles. The molecule has 0 fully saturated rings. The van der Waals surface area contributed by atoms with Crippen molar-refractivity contribution in [2.24, 2.45) is 0 Å². The van der Waals surface area contributed by atoms with Gasteiger partial charge in [-0.3, -0.25) is 0 Å². The van der Waals surface area contributed by atoms with Crippen LogP contribution in [0.4, 0.5) is 0 Å². The van der Waals surface area contributed by atoms with Gasteiger partial charge in [0.2, 0.25) is 0 Å². The number of aliphatic hydroxyl groups excluding tert-OH is 1. The molecule has 1 atom stereocenters. The molecule has 1 rings (SSSR count). The van der Waals surface area contributed by atoms with Crippen molar-refractivity contribution in [2.45, 2.75) is 32.9 Å². The summed E-state index contributed by atoms with van der Waals surface area (Å²) < 4.78 is 6.54. The molecule has 3 nitrogen and oxygen atoms in total. The first-order valence-corrected chi connectivity index (χ1v) is 6.72. The van der Waals surface area contributed by atoms with Crippen LogP contribution in [-0.2, 0) is 6.54 Å². The van der Waals surface area contributed by atoms with Gasteiger partial charge >= 0.3 is 0 Å². The van der Waals surface area contributed by atoms with Crippen LogP contribution in [0.1, 0.15) is 25.8 Å². The molecule has 0 saturated carbocycles. The van der Waals surface area contributed by atoms with Crippen molar-refractivity contribution >= 4 is 15.9 Å². The molecular formula is C13H20BrNO2. The third-order valence-corrected chi connectivity index (χ3v) is 2.99. The molecule has 4 heteroatoms. The van der Waals surface area contributed by atoms with E-state index in [1.807, 2.05) is 12.1 Å². The summed E-state index contributed by atoms with van der Waals surface area (Å²) in [7, 11) is 0. The maximum absolute atomic E-state index is 9.14. The van der Waals surface area contributed by atoms with Gasteiger partial charge in [-0.2, -0.15) is 0 Å². The summed E-state index contributed by atoms with van der Waals surface area (Å²) >= 11 is 3.49. The molecule has 1 unspecified atom stereocenters. The van der Waals surface area contributed by atoms with E-state index < -0.39 is 0 Å². The number of hydrogen-bond acceptors (Lipinski definition) is 3. The van der Waals surface area contributed by atoms with Crippen LogP contribution < -0.4 is 10.1 Å². The topological polar surface area (TPSA) is 41.5 Å². The molecule has 1 aromatic rings. The van der Waals surface area contributed by atoms with Crippen LogP contribution in [0.25, 0.3) is 0 Å². The average Bonchev–Trinajstić information content (AvgIpc) is 2.28. The molecule has 0 saturated heterocycles. The zero-order chi connectivity index (χ0) is 12.7. The first-order valence-electron chi connectivity index (χ1n) is 5.93. The highest BCUT2D eigenvalue weighted by Crippen LogP contribution is 2.26. The number of aliphatic hydroxyl groups is 1. The molecular weight excluding hydrogens is 282 g/mol. The van der Waals surface area contributed by atoms with Gasteiger partial charge in [0.15, 0.2) is 0 Å². The maximum atomic E-state index is 9.14. The van der Waals surface area contributed by atoms with E-state index in [1.54, 1.807) is 6.92 Å². The first kappa shape index (κ1) is 14.5. The van der Waals surface area contributed by atoms with E-state index in [4.69, 9.17) is 9.84 Å². The van der Waals surface area contributed by atoms with Gasteiger partial charge in [0.05, 0.1) is 17.2 Å². The second-order valence-electron chi connectivity index (χ2n) is 4.03. The lowest BCUT2D eigenvalue weighted by Gasteiger charge is -2.11. The zero-order valence-electron chi connectivity index (χ0n) is 10.4. The summed E-state index contributed by atoms with van der Waals surface area (Å²) in [5.74, 6) is 0.825. The molecule has 96 valence electrons. The van der Waals surface area contributed by atoms with Gasteiger partial charge in [-0.15, -0.1) is 0 Å². The molecule has 2 N–H and O–H groups in total. The lowest BCUT2D eigenvalue weighted by atomic mass is 10.2. The lowest BCUT2D eigenvalue weighted by Crippen LogP contribution is -2.11. The Morgan fingerprint density at radius 3 is 2.82 bits per heavy atom. The normalized spacial score (nSPS) is 12.5. The average molecular weight is 302 g/mol. The number of nitrogens with one attached hydrogen (secondary N) is 1. The Balaban J connectivity index is 2.50. The predicted octanol–water partition coefficient (Wildman–Crippen LogP) is 2.71. The van der Waals surface area contributed by atoms with Crippen LogP contribution in [0.15, 0.2) is 22.7 Å². The van der Waals surface area contributed by atoms with E-state index >= 15 is 0 Å². The monoisotopic (exact) mass is 301 g/mol. The van der Waals surface area contributed by atoms with Gasteiger partial charge < -0.3 is 15.2 Å². The van der Waals surface area contributed by atoms with Crippen molar-refractivity contribution in [3.63, 3.8) is 0 Å². The van der Waals surface area contributed by atoms with Gasteiger partial charge in [-0.05, 0) is 47.1 Å². The summed E-state index contributed by atoms with van der Waals surface area (Å²) in [4.78, 5) is 0. The Hall–Kier alpha value is -0.580. The first-order chi connectivity index (χ1) is 8.13. The molecule has 0 aliphatic rings. The number of halogens is 1. The fourth-order valence-electron chi connectivity index (χ4n) is 1.38. The van der Waals surface area contributed by atoms with Crippen LogP contribution >= 0.6 is 15.9 Å². The van der Waals surface area contributed by atoms with Crippen molar-refractivity contribution < 1.29 is 9.84 Å². The highest BCUT2D eigenvalue weighted by molar-refractivity contribution is 9.10. The number of ether oxygens (including phenoxy) is 1. The molecule has 0 aliphatic carbocycles. The van der Waals surface area contributed by atoms with Crippen LogP contribution in [-0.4, -0.2) is 24.4 Å². The minimum absolute atomic E-state index is 0.318. The van der Waals surface area contributed by atoms with Gasteiger partial charge in [-0.1, -0.05) is 13.0 Å². The van der Waals surface area contributed by atoms with Crippen molar-refractivity contribution in [3.8, 4) is 5.75 Å². The largest absolute Gasteiger partial charge is 0.492 e. The van der Waals surface area contributed by atoms with Crippen LogP contribution in [0, 0.1) is 0 Å². The Bertz CT molecular complexity index is 342. The van der Waals surface area contributed by atoms with Gasteiger partial charge in [0, 0.05) is 13.0 Å². The highest BCUT2D eigenvalue weighted by Gasteiger charge is 2.03. The van der Waals surface area contributed by atoms with Crippen molar-refractivity contribution in [1.29, 1.82) is 0 Å². The third kappa shape index (κ3) is 5.52. The second-order valence-corrected chi connectivity index (χ2v) is 4.89. The molecule has 0 aliphatic heterocycles. The van der Waals surface area contributed by atoms with E-state index in [0.29, 0.717) is 13.0 Å². The van der Waals surface area contributed by atoms with Gasteiger partial charge in [0.25, 0.3) is 0 Å². The predicted molar refractivity (Wildman–Crippen MR) is 73.3 cm³/mol. The molecule has 0 aromatic heterocycles. The Kier molecular flexibility index (Phi) is 6.55. The number of benzene rings is 1. The Morgan fingerprint density at radius 1 is 1.47 bits per heavy atom. The standard InChI is InChI=1S/C13H20BrNO2/c1-3-15-9-11-4-5-13(12(14)8-11)17-7-6-10(2)16/h4-5,8,10,15-16H,3,6-7,9H2,1-2H3. The molecule has 0 spiro atoms. The molecule has 17 heavy (non-hydrogen) atoms. The smallest absolute Gasteiger partial charge is 0.133 e. The van der Waals surface area contributed by atoms with Crippen LogP contribution in [0.3, 0.4) is 0 Å². The molecule has 1 aromatic carbocycles. The lowest BCUT2D eigenvalue weighted by molar-refractivity contribution is 0.155. The minimum Gasteiger partial charge on any atom is -0.492 e. The van der Waals surface area contributed by atoms with Crippen molar-refractivity contribution in [2.75, 3.05) is 13.2 Å².